The summed E-state index contributed by atoms with van der Waals surface area (Å²) in [6.45, 7) is 2.63. The quantitative estimate of drug-likeness (QED) is 0.427. The molecule has 0 atom stereocenters. The van der Waals surface area contributed by atoms with Gasteiger partial charge in [-0.3, -0.25) is 9.11 Å². The number of aromatic nitrogens is 2. The molecule has 0 spiro atoms. The van der Waals surface area contributed by atoms with E-state index in [0.717, 1.165) is 12.8 Å². The van der Waals surface area contributed by atoms with Gasteiger partial charge in [0, 0.05) is 0 Å². The van der Waals surface area contributed by atoms with E-state index in [1.807, 2.05) is 6.92 Å². The molecule has 0 aliphatic heterocycles. The van der Waals surface area contributed by atoms with E-state index in [2.05, 4.69) is 0 Å². The molecule has 19 heavy (non-hydrogen) atoms. The van der Waals surface area contributed by atoms with Crippen molar-refractivity contribution in [2.24, 2.45) is 7.05 Å². The average molecular weight is 316 g/mol. The third-order valence-electron chi connectivity index (χ3n) is 2.00. The summed E-state index contributed by atoms with van der Waals surface area (Å²) >= 11 is 0. The van der Waals surface area contributed by atoms with Crippen molar-refractivity contribution in [3.05, 3.63) is 12.4 Å². The summed E-state index contributed by atoms with van der Waals surface area (Å²) in [5.41, 5.74) is 0. The van der Waals surface area contributed by atoms with Gasteiger partial charge in [0.1, 0.15) is 12.4 Å². The number of aryl methyl sites for hydroxylation is 2. The predicted molar refractivity (Wildman–Crippen MR) is 62.7 cm³/mol. The summed E-state index contributed by atoms with van der Waals surface area (Å²) in [4.78, 5) is 0. The van der Waals surface area contributed by atoms with Gasteiger partial charge in [-0.15, -0.1) is 0 Å². The van der Waals surface area contributed by atoms with Crippen LogP contribution in [0.2, 0.25) is 0 Å². The third-order valence-corrected chi connectivity index (χ3v) is 2.98. The Morgan fingerprint density at radius 1 is 1.32 bits per heavy atom. The Labute approximate surface area is 111 Å². The zero-order valence-corrected chi connectivity index (χ0v) is 12.1. The molecule has 1 heterocycles. The standard InChI is InChI=1S/C8H14N2O3S.H2O4S/c1-3-4-5-10-7-6-9(2)8(10)14(11,12)13;1-5(2,3)4/h6-7H,3-5H2,1-2H3;(H2,1,2,3,4). The summed E-state index contributed by atoms with van der Waals surface area (Å²) in [6.07, 6.45) is 5.13. The summed E-state index contributed by atoms with van der Waals surface area (Å²) in [7, 11) is -7.45. The number of hydrogen-bond acceptors (Lipinski definition) is 5. The molecule has 11 heteroatoms. The molecule has 0 saturated heterocycles. The molecule has 0 amide bonds. The molecule has 1 aromatic rings. The highest BCUT2D eigenvalue weighted by Gasteiger charge is 2.27. The molecule has 0 aliphatic carbocycles. The van der Waals surface area contributed by atoms with Crippen molar-refractivity contribution in [1.29, 1.82) is 0 Å². The summed E-state index contributed by atoms with van der Waals surface area (Å²) in [5.74, 6) is 0. The van der Waals surface area contributed by atoms with Crippen LogP contribution >= 0.6 is 0 Å². The first-order valence-corrected chi connectivity index (χ1v) is 7.98. The van der Waals surface area contributed by atoms with Crippen molar-refractivity contribution in [1.82, 2.24) is 4.57 Å². The van der Waals surface area contributed by atoms with Gasteiger partial charge in [-0.05, 0) is 6.42 Å². The van der Waals surface area contributed by atoms with Crippen LogP contribution in [0.15, 0.2) is 17.6 Å². The van der Waals surface area contributed by atoms with E-state index in [1.54, 1.807) is 24.0 Å². The maximum Gasteiger partial charge on any atom is 0.402 e. The Bertz CT molecular complexity index is 595. The fourth-order valence-corrected chi connectivity index (χ4v) is 2.21. The van der Waals surface area contributed by atoms with Crippen LogP contribution in [-0.2, 0) is 34.1 Å². The summed E-state index contributed by atoms with van der Waals surface area (Å²) < 4.78 is 66.8. The number of hydrogen-bond donors (Lipinski definition) is 2. The SMILES string of the molecule is CCCCn1cc[n+](C)c1S(=O)(=O)O.O=S(=O)([O-])O. The molecule has 0 bridgehead atoms. The van der Waals surface area contributed by atoms with Crippen molar-refractivity contribution in [3.63, 3.8) is 0 Å². The molecule has 9 nitrogen and oxygen atoms in total. The van der Waals surface area contributed by atoms with Gasteiger partial charge in [0.05, 0.1) is 13.6 Å². The smallest absolute Gasteiger partial charge is 0.402 e. The highest BCUT2D eigenvalue weighted by Crippen LogP contribution is 2.05. The van der Waals surface area contributed by atoms with Crippen LogP contribution in [0, 0.1) is 0 Å². The number of imidazole rings is 1. The lowest BCUT2D eigenvalue weighted by Crippen LogP contribution is -2.34. The van der Waals surface area contributed by atoms with Crippen LogP contribution in [0.3, 0.4) is 0 Å². The van der Waals surface area contributed by atoms with Crippen molar-refractivity contribution in [2.45, 2.75) is 31.5 Å². The highest BCUT2D eigenvalue weighted by atomic mass is 32.3. The Morgan fingerprint density at radius 3 is 2.16 bits per heavy atom. The van der Waals surface area contributed by atoms with Crippen molar-refractivity contribution >= 4 is 20.5 Å². The van der Waals surface area contributed by atoms with Gasteiger partial charge in [-0.2, -0.15) is 8.42 Å². The van der Waals surface area contributed by atoms with E-state index in [-0.39, 0.29) is 5.16 Å². The van der Waals surface area contributed by atoms with E-state index in [0.29, 0.717) is 6.54 Å². The maximum atomic E-state index is 11.0. The molecular weight excluding hydrogens is 300 g/mol. The van der Waals surface area contributed by atoms with E-state index in [1.165, 1.54) is 4.57 Å². The molecular formula is C8H16N2O7S2. The van der Waals surface area contributed by atoms with Gasteiger partial charge in [0.2, 0.25) is 10.4 Å². The van der Waals surface area contributed by atoms with Crippen molar-refractivity contribution < 1.29 is 35.1 Å². The first-order valence-electron chi connectivity index (χ1n) is 5.17. The molecule has 0 radical (unpaired) electrons. The number of rotatable bonds is 4. The van der Waals surface area contributed by atoms with E-state index < -0.39 is 20.5 Å². The zero-order valence-electron chi connectivity index (χ0n) is 10.4. The lowest BCUT2D eigenvalue weighted by molar-refractivity contribution is -0.710. The molecule has 2 N–H and O–H groups in total. The molecule has 0 fully saturated rings. The second-order valence-corrected chi connectivity index (χ2v) is 5.81. The van der Waals surface area contributed by atoms with Crippen LogP contribution in [0.5, 0.6) is 0 Å². The monoisotopic (exact) mass is 316 g/mol. The van der Waals surface area contributed by atoms with Gasteiger partial charge in [0.15, 0.2) is 0 Å². The molecule has 0 aliphatic rings. The van der Waals surface area contributed by atoms with Gasteiger partial charge in [0.25, 0.3) is 0 Å². The van der Waals surface area contributed by atoms with Crippen LogP contribution < -0.4 is 4.57 Å². The lowest BCUT2D eigenvalue weighted by atomic mass is 10.3. The second kappa shape index (κ2) is 6.96. The maximum absolute atomic E-state index is 11.0. The first-order chi connectivity index (χ1) is 8.46. The lowest BCUT2D eigenvalue weighted by Gasteiger charge is -1.98. The first kappa shape index (κ1) is 18.0. The highest BCUT2D eigenvalue weighted by molar-refractivity contribution is 7.85. The average Bonchev–Trinajstić information content (AvgIpc) is 2.53. The van der Waals surface area contributed by atoms with Gasteiger partial charge in [-0.25, -0.2) is 17.6 Å². The van der Waals surface area contributed by atoms with E-state index in [4.69, 9.17) is 22.1 Å². The zero-order chi connectivity index (χ0) is 15.3. The van der Waals surface area contributed by atoms with Gasteiger partial charge < -0.3 is 4.55 Å². The minimum absolute atomic E-state index is 0.0639. The third kappa shape index (κ3) is 7.89. The molecule has 1 rings (SSSR count). The molecule has 1 aromatic heterocycles. The Balaban J connectivity index is 0.000000555. The van der Waals surface area contributed by atoms with Crippen LogP contribution in [0.4, 0.5) is 0 Å². The van der Waals surface area contributed by atoms with Gasteiger partial charge in [-0.1, -0.05) is 13.3 Å². The van der Waals surface area contributed by atoms with Crippen LogP contribution in [0.1, 0.15) is 19.8 Å². The normalized spacial score (nSPS) is 11.8. The summed E-state index contributed by atoms with van der Waals surface area (Å²) in [5, 5.41) is -0.0639. The Morgan fingerprint density at radius 2 is 1.79 bits per heavy atom. The van der Waals surface area contributed by atoms with Crippen molar-refractivity contribution in [3.8, 4) is 0 Å². The molecule has 112 valence electrons. The second-order valence-electron chi connectivity index (χ2n) is 3.64. The van der Waals surface area contributed by atoms with E-state index in [9.17, 15) is 8.42 Å². The minimum atomic E-state index is -4.92. The molecule has 0 saturated carbocycles. The molecule has 0 unspecified atom stereocenters. The Hall–Kier alpha value is -1.01. The Kier molecular flexibility index (Phi) is 6.59. The van der Waals surface area contributed by atoms with Crippen LogP contribution in [0.25, 0.3) is 0 Å². The fraction of sp³-hybridized carbons (Fsp3) is 0.625. The van der Waals surface area contributed by atoms with Crippen LogP contribution in [-0.4, -0.2) is 35.1 Å². The molecule has 0 aromatic carbocycles. The largest absolute Gasteiger partial charge is 0.726 e. The summed E-state index contributed by atoms with van der Waals surface area (Å²) in [6, 6.07) is 0. The topological polar surface area (TPSA) is 141 Å². The van der Waals surface area contributed by atoms with Crippen molar-refractivity contribution in [2.75, 3.05) is 0 Å². The van der Waals surface area contributed by atoms with E-state index >= 15 is 0 Å². The number of nitrogens with zero attached hydrogens (tertiary/aromatic N) is 2. The number of unbranched alkanes of at least 4 members (excludes halogenated alkanes) is 1. The predicted octanol–water partition coefficient (Wildman–Crippen LogP) is -0.636. The van der Waals surface area contributed by atoms with Gasteiger partial charge >= 0.3 is 15.3 Å². The fourth-order valence-electron chi connectivity index (χ4n) is 1.34. The minimum Gasteiger partial charge on any atom is -0.726 e.